The van der Waals surface area contributed by atoms with E-state index in [1.54, 1.807) is 48.4 Å². The molecule has 0 saturated carbocycles. The highest BCUT2D eigenvalue weighted by Crippen LogP contribution is 2.25. The Labute approximate surface area is 189 Å². The largest absolute Gasteiger partial charge is 0.497 e. The Kier molecular flexibility index (Phi) is 7.40. The minimum Gasteiger partial charge on any atom is -0.497 e. The average Bonchev–Trinajstić information content (AvgIpc) is 2.82. The van der Waals surface area contributed by atoms with Gasteiger partial charge in [0.2, 0.25) is 5.91 Å². The number of amides is 2. The van der Waals surface area contributed by atoms with Gasteiger partial charge in [-0.2, -0.15) is 0 Å². The topological polar surface area (TPSA) is 96.0 Å². The summed E-state index contributed by atoms with van der Waals surface area (Å²) in [6, 6.07) is 12.9. The Morgan fingerprint density at radius 2 is 1.78 bits per heavy atom. The fourth-order valence-corrected chi connectivity index (χ4v) is 4.93. The van der Waals surface area contributed by atoms with Crippen LogP contribution in [0.1, 0.15) is 30.1 Å². The molecule has 2 amide bonds. The molecule has 0 radical (unpaired) electrons. The number of carbonyl (C=O) groups excluding carboxylic acids is 2. The van der Waals surface area contributed by atoms with Gasteiger partial charge in [-0.25, -0.2) is 8.42 Å². The van der Waals surface area contributed by atoms with Crippen molar-refractivity contribution in [2.75, 3.05) is 38.1 Å². The lowest BCUT2D eigenvalue weighted by atomic mass is 9.96. The Bertz CT molecular complexity index is 1060. The molecule has 1 heterocycles. The molecule has 9 heteroatoms. The highest BCUT2D eigenvalue weighted by atomic mass is 32.2. The molecule has 0 aromatic heterocycles. The number of nitrogens with zero attached hydrogens (tertiary/aromatic N) is 2. The number of methoxy groups -OCH3 is 1. The number of rotatable bonds is 7. The van der Waals surface area contributed by atoms with Crippen LogP contribution >= 0.6 is 0 Å². The molecule has 1 N–H and O–H groups in total. The first kappa shape index (κ1) is 23.6. The van der Waals surface area contributed by atoms with E-state index in [1.165, 1.54) is 30.4 Å². The lowest BCUT2D eigenvalue weighted by molar-refractivity contribution is -0.119. The Balaban J connectivity index is 1.71. The predicted molar refractivity (Wildman–Crippen MR) is 122 cm³/mol. The molecule has 0 atom stereocenters. The number of sulfonamides is 1. The third-order valence-corrected chi connectivity index (χ3v) is 7.50. The van der Waals surface area contributed by atoms with Crippen molar-refractivity contribution in [3.05, 3.63) is 54.1 Å². The van der Waals surface area contributed by atoms with Crippen molar-refractivity contribution >= 4 is 27.5 Å². The summed E-state index contributed by atoms with van der Waals surface area (Å²) in [5, 5.41) is 2.82. The van der Waals surface area contributed by atoms with Crippen molar-refractivity contribution in [1.82, 2.24) is 10.2 Å². The SMILES string of the molecule is COc1ccc(N(C)S(=O)(=O)c2cccc(C(=O)N3CCC(CNC(C)=O)CC3)c2)cc1. The lowest BCUT2D eigenvalue weighted by Gasteiger charge is -2.32. The lowest BCUT2D eigenvalue weighted by Crippen LogP contribution is -2.41. The van der Waals surface area contributed by atoms with Crippen LogP contribution in [0.4, 0.5) is 5.69 Å². The van der Waals surface area contributed by atoms with E-state index in [4.69, 9.17) is 4.74 Å². The van der Waals surface area contributed by atoms with Crippen LogP contribution in [0.3, 0.4) is 0 Å². The zero-order valence-corrected chi connectivity index (χ0v) is 19.4. The average molecular weight is 460 g/mol. The van der Waals surface area contributed by atoms with E-state index in [-0.39, 0.29) is 16.7 Å². The fraction of sp³-hybridized carbons (Fsp3) is 0.391. The number of carbonyl (C=O) groups is 2. The van der Waals surface area contributed by atoms with Gasteiger partial charge in [-0.05, 0) is 61.2 Å². The zero-order chi connectivity index (χ0) is 23.3. The second-order valence-electron chi connectivity index (χ2n) is 7.87. The van der Waals surface area contributed by atoms with Crippen LogP contribution < -0.4 is 14.4 Å². The second kappa shape index (κ2) is 10.0. The van der Waals surface area contributed by atoms with Crippen molar-refractivity contribution < 1.29 is 22.7 Å². The van der Waals surface area contributed by atoms with Gasteiger partial charge in [0.1, 0.15) is 5.75 Å². The van der Waals surface area contributed by atoms with E-state index in [0.29, 0.717) is 42.6 Å². The molecule has 1 fully saturated rings. The van der Waals surface area contributed by atoms with Crippen LogP contribution in [-0.2, 0) is 14.8 Å². The number of ether oxygens (including phenoxy) is 1. The zero-order valence-electron chi connectivity index (χ0n) is 18.6. The number of nitrogens with one attached hydrogen (secondary N) is 1. The van der Waals surface area contributed by atoms with Crippen molar-refractivity contribution in [3.63, 3.8) is 0 Å². The monoisotopic (exact) mass is 459 g/mol. The third-order valence-electron chi connectivity index (χ3n) is 5.72. The molecule has 2 aromatic carbocycles. The van der Waals surface area contributed by atoms with Crippen LogP contribution in [0.25, 0.3) is 0 Å². The molecule has 1 aliphatic rings. The standard InChI is InChI=1S/C23H29N3O5S/c1-17(27)24-16-18-11-13-26(14-12-18)23(28)19-5-4-6-22(15-19)32(29,30)25(2)20-7-9-21(31-3)10-8-20/h4-10,15,18H,11-14,16H2,1-3H3,(H,24,27). The van der Waals surface area contributed by atoms with Gasteiger partial charge in [-0.1, -0.05) is 6.07 Å². The van der Waals surface area contributed by atoms with Gasteiger partial charge >= 0.3 is 0 Å². The van der Waals surface area contributed by atoms with E-state index < -0.39 is 10.0 Å². The molecule has 2 aromatic rings. The number of benzene rings is 2. The van der Waals surface area contributed by atoms with Gasteiger partial charge in [0.15, 0.2) is 0 Å². The molecule has 0 bridgehead atoms. The smallest absolute Gasteiger partial charge is 0.264 e. The minimum absolute atomic E-state index is 0.0545. The second-order valence-corrected chi connectivity index (χ2v) is 9.84. The van der Waals surface area contributed by atoms with Crippen LogP contribution in [0.15, 0.2) is 53.4 Å². The summed E-state index contributed by atoms with van der Waals surface area (Å²) >= 11 is 0. The summed E-state index contributed by atoms with van der Waals surface area (Å²) in [7, 11) is -0.818. The minimum atomic E-state index is -3.84. The van der Waals surface area contributed by atoms with Crippen LogP contribution in [0, 0.1) is 5.92 Å². The predicted octanol–water partition coefficient (Wildman–Crippen LogP) is 2.51. The van der Waals surface area contributed by atoms with Crippen LogP contribution in [0.2, 0.25) is 0 Å². The maximum Gasteiger partial charge on any atom is 0.264 e. The quantitative estimate of drug-likeness (QED) is 0.686. The molecule has 1 saturated heterocycles. The number of likely N-dealkylation sites (tertiary alicyclic amines) is 1. The van der Waals surface area contributed by atoms with E-state index in [9.17, 15) is 18.0 Å². The Morgan fingerprint density at radius 1 is 1.12 bits per heavy atom. The Hall–Kier alpha value is -3.07. The van der Waals surface area contributed by atoms with E-state index in [2.05, 4.69) is 5.32 Å². The summed E-state index contributed by atoms with van der Waals surface area (Å²) in [6.45, 7) is 3.26. The van der Waals surface area contributed by atoms with Crippen LogP contribution in [-0.4, -0.2) is 58.9 Å². The van der Waals surface area contributed by atoms with E-state index >= 15 is 0 Å². The number of hydrogen-bond acceptors (Lipinski definition) is 5. The molecule has 3 rings (SSSR count). The van der Waals surface area contributed by atoms with Gasteiger partial charge in [0, 0.05) is 39.2 Å². The highest BCUT2D eigenvalue weighted by molar-refractivity contribution is 7.92. The van der Waals surface area contributed by atoms with Gasteiger partial charge < -0.3 is 15.0 Å². The Morgan fingerprint density at radius 3 is 2.38 bits per heavy atom. The van der Waals surface area contributed by atoms with Crippen LogP contribution in [0.5, 0.6) is 5.75 Å². The molecule has 0 unspecified atom stereocenters. The fourth-order valence-electron chi connectivity index (χ4n) is 3.69. The molecular weight excluding hydrogens is 430 g/mol. The van der Waals surface area contributed by atoms with Crippen molar-refractivity contribution in [2.45, 2.75) is 24.7 Å². The third kappa shape index (κ3) is 5.40. The highest BCUT2D eigenvalue weighted by Gasteiger charge is 2.26. The molecule has 0 spiro atoms. The molecular formula is C23H29N3O5S. The number of hydrogen-bond donors (Lipinski definition) is 1. The number of piperidine rings is 1. The number of anilines is 1. The molecule has 8 nitrogen and oxygen atoms in total. The first-order valence-electron chi connectivity index (χ1n) is 10.5. The van der Waals surface area contributed by atoms with Gasteiger partial charge in [0.25, 0.3) is 15.9 Å². The summed E-state index contributed by atoms with van der Waals surface area (Å²) < 4.78 is 32.6. The maximum absolute atomic E-state index is 13.1. The molecule has 1 aliphatic heterocycles. The summed E-state index contributed by atoms with van der Waals surface area (Å²) in [5.74, 6) is 0.731. The normalized spacial score (nSPS) is 14.7. The molecule has 0 aliphatic carbocycles. The van der Waals surface area contributed by atoms with Crippen molar-refractivity contribution in [2.24, 2.45) is 5.92 Å². The van der Waals surface area contributed by atoms with Crippen molar-refractivity contribution in [1.29, 1.82) is 0 Å². The van der Waals surface area contributed by atoms with Gasteiger partial charge in [-0.3, -0.25) is 13.9 Å². The van der Waals surface area contributed by atoms with E-state index in [1.807, 2.05) is 0 Å². The van der Waals surface area contributed by atoms with Gasteiger partial charge in [0.05, 0.1) is 17.7 Å². The summed E-state index contributed by atoms with van der Waals surface area (Å²) in [4.78, 5) is 25.9. The first-order chi connectivity index (χ1) is 15.2. The summed E-state index contributed by atoms with van der Waals surface area (Å²) in [5.41, 5.74) is 0.832. The molecule has 32 heavy (non-hydrogen) atoms. The summed E-state index contributed by atoms with van der Waals surface area (Å²) in [6.07, 6.45) is 1.59. The first-order valence-corrected chi connectivity index (χ1v) is 11.9. The van der Waals surface area contributed by atoms with Gasteiger partial charge in [-0.15, -0.1) is 0 Å². The molecule has 172 valence electrons. The van der Waals surface area contributed by atoms with Crippen molar-refractivity contribution in [3.8, 4) is 5.75 Å². The van der Waals surface area contributed by atoms with E-state index in [0.717, 1.165) is 12.8 Å². The maximum atomic E-state index is 13.1.